The summed E-state index contributed by atoms with van der Waals surface area (Å²) in [6.45, 7) is 0. The minimum absolute atomic E-state index is 0.0970. The molecule has 0 spiro atoms. The first-order chi connectivity index (χ1) is 15.6. The SMILES string of the molecule is COc1ccc(-n2c(SCc3cc(=O)n4ccsc4n3)nnc2-c2ccccc2Cl)cc1. The second-order valence-electron chi connectivity index (χ2n) is 6.75. The molecule has 0 bridgehead atoms. The van der Waals surface area contributed by atoms with Gasteiger partial charge in [-0.2, -0.15) is 0 Å². The number of aromatic nitrogens is 5. The molecule has 5 rings (SSSR count). The van der Waals surface area contributed by atoms with Gasteiger partial charge in [0.25, 0.3) is 5.56 Å². The Kier molecular flexibility index (Phi) is 5.69. The van der Waals surface area contributed by atoms with Crippen molar-refractivity contribution in [1.82, 2.24) is 24.1 Å². The van der Waals surface area contributed by atoms with Crippen LogP contribution in [0.25, 0.3) is 22.0 Å². The Bertz CT molecular complexity index is 1460. The lowest BCUT2D eigenvalue weighted by molar-refractivity contribution is 0.414. The Balaban J connectivity index is 1.55. The number of thioether (sulfide) groups is 1. The summed E-state index contributed by atoms with van der Waals surface area (Å²) in [5.41, 5.74) is 2.24. The Hall–Kier alpha value is -3.14. The topological polar surface area (TPSA) is 74.3 Å². The average Bonchev–Trinajstić information content (AvgIpc) is 3.45. The lowest BCUT2D eigenvalue weighted by Crippen LogP contribution is -2.12. The molecule has 0 aliphatic heterocycles. The highest BCUT2D eigenvalue weighted by atomic mass is 35.5. The van der Waals surface area contributed by atoms with Crippen molar-refractivity contribution in [1.29, 1.82) is 0 Å². The minimum atomic E-state index is -0.0970. The Morgan fingerprint density at radius 1 is 1.12 bits per heavy atom. The number of nitrogens with zero attached hydrogens (tertiary/aromatic N) is 5. The van der Waals surface area contributed by atoms with Crippen molar-refractivity contribution >= 4 is 39.7 Å². The maximum Gasteiger partial charge on any atom is 0.258 e. The average molecular weight is 482 g/mol. The fraction of sp³-hybridized carbons (Fsp3) is 0.0909. The van der Waals surface area contributed by atoms with Gasteiger partial charge >= 0.3 is 0 Å². The molecule has 0 radical (unpaired) electrons. The first-order valence-electron chi connectivity index (χ1n) is 9.57. The van der Waals surface area contributed by atoms with Gasteiger partial charge in [0, 0.05) is 34.6 Å². The van der Waals surface area contributed by atoms with E-state index in [-0.39, 0.29) is 5.56 Å². The largest absolute Gasteiger partial charge is 0.497 e. The quantitative estimate of drug-likeness (QED) is 0.319. The molecule has 0 aliphatic carbocycles. The molecule has 0 amide bonds. The van der Waals surface area contributed by atoms with Gasteiger partial charge in [0.05, 0.1) is 17.8 Å². The van der Waals surface area contributed by atoms with Gasteiger partial charge < -0.3 is 4.74 Å². The second kappa shape index (κ2) is 8.78. The third kappa shape index (κ3) is 3.90. The summed E-state index contributed by atoms with van der Waals surface area (Å²) in [4.78, 5) is 17.6. The summed E-state index contributed by atoms with van der Waals surface area (Å²) in [6, 6.07) is 16.7. The van der Waals surface area contributed by atoms with Crippen molar-refractivity contribution in [3.63, 3.8) is 0 Å². The zero-order valence-corrected chi connectivity index (χ0v) is 19.2. The van der Waals surface area contributed by atoms with Crippen LogP contribution in [0, 0.1) is 0 Å². The predicted octanol–water partition coefficient (Wildman–Crippen LogP) is 4.96. The number of fused-ring (bicyclic) bond motifs is 1. The van der Waals surface area contributed by atoms with Crippen LogP contribution in [0.2, 0.25) is 5.02 Å². The summed E-state index contributed by atoms with van der Waals surface area (Å²) in [5.74, 6) is 1.86. The zero-order valence-electron chi connectivity index (χ0n) is 16.8. The van der Waals surface area contributed by atoms with Gasteiger partial charge in [-0.25, -0.2) is 4.98 Å². The highest BCUT2D eigenvalue weighted by Gasteiger charge is 2.18. The molecule has 3 aromatic heterocycles. The molecule has 0 fully saturated rings. The number of thiazole rings is 1. The summed E-state index contributed by atoms with van der Waals surface area (Å²) in [6.07, 6.45) is 1.72. The van der Waals surface area contributed by atoms with Crippen molar-refractivity contribution in [2.24, 2.45) is 0 Å². The van der Waals surface area contributed by atoms with Crippen LogP contribution < -0.4 is 10.3 Å². The summed E-state index contributed by atoms with van der Waals surface area (Å²) >= 11 is 9.34. The molecule has 0 saturated carbocycles. The van der Waals surface area contributed by atoms with Crippen molar-refractivity contribution in [2.45, 2.75) is 10.9 Å². The van der Waals surface area contributed by atoms with Gasteiger partial charge in [0.2, 0.25) is 0 Å². The molecule has 5 aromatic rings. The number of ether oxygens (including phenoxy) is 1. The molecule has 0 unspecified atom stereocenters. The number of halogens is 1. The van der Waals surface area contributed by atoms with Crippen LogP contribution in [0.1, 0.15) is 5.69 Å². The van der Waals surface area contributed by atoms with E-state index in [0.717, 1.165) is 17.0 Å². The zero-order chi connectivity index (χ0) is 22.1. The van der Waals surface area contributed by atoms with Crippen molar-refractivity contribution < 1.29 is 4.74 Å². The second-order valence-corrected chi connectivity index (χ2v) is 8.97. The number of hydrogen-bond acceptors (Lipinski definition) is 7. The normalized spacial score (nSPS) is 11.2. The maximum atomic E-state index is 12.3. The summed E-state index contributed by atoms with van der Waals surface area (Å²) in [7, 11) is 1.63. The fourth-order valence-corrected chi connectivity index (χ4v) is 5.05. The van der Waals surface area contributed by atoms with Crippen molar-refractivity contribution in [3.05, 3.63) is 87.2 Å². The van der Waals surface area contributed by atoms with Gasteiger partial charge in [-0.15, -0.1) is 21.5 Å². The highest BCUT2D eigenvalue weighted by molar-refractivity contribution is 7.98. The van der Waals surface area contributed by atoms with Crippen LogP contribution in [-0.2, 0) is 5.75 Å². The third-order valence-electron chi connectivity index (χ3n) is 4.78. The molecule has 0 atom stereocenters. The van der Waals surface area contributed by atoms with Crippen LogP contribution in [-0.4, -0.2) is 31.3 Å². The lowest BCUT2D eigenvalue weighted by atomic mass is 10.2. The standard InChI is InChI=1S/C22H16ClN5O2S2/c1-30-16-8-6-15(7-9-16)28-20(17-4-2-3-5-18(17)23)25-26-22(28)32-13-14-12-19(29)27-10-11-31-21(27)24-14/h2-12H,13H2,1H3. The molecule has 32 heavy (non-hydrogen) atoms. The van der Waals surface area contributed by atoms with E-state index < -0.39 is 0 Å². The molecule has 0 N–H and O–H groups in total. The number of methoxy groups -OCH3 is 1. The van der Waals surface area contributed by atoms with E-state index in [0.29, 0.717) is 32.4 Å². The van der Waals surface area contributed by atoms with Crippen LogP contribution >= 0.6 is 34.7 Å². The van der Waals surface area contributed by atoms with Crippen LogP contribution in [0.15, 0.2) is 76.1 Å². The predicted molar refractivity (Wildman–Crippen MR) is 127 cm³/mol. The summed E-state index contributed by atoms with van der Waals surface area (Å²) < 4.78 is 8.77. The Morgan fingerprint density at radius 2 is 1.94 bits per heavy atom. The highest BCUT2D eigenvalue weighted by Crippen LogP contribution is 2.33. The molecule has 160 valence electrons. The Labute approximate surface area is 196 Å². The lowest BCUT2D eigenvalue weighted by Gasteiger charge is -2.12. The molecule has 0 aliphatic rings. The number of rotatable bonds is 6. The van der Waals surface area contributed by atoms with E-state index in [1.165, 1.54) is 27.5 Å². The van der Waals surface area contributed by atoms with Crippen LogP contribution in [0.3, 0.4) is 0 Å². The van der Waals surface area contributed by atoms with Crippen molar-refractivity contribution in [2.75, 3.05) is 7.11 Å². The number of benzene rings is 2. The minimum Gasteiger partial charge on any atom is -0.497 e. The fourth-order valence-electron chi connectivity index (χ4n) is 3.24. The molecular formula is C22H16ClN5O2S2. The van der Waals surface area contributed by atoms with Crippen LogP contribution in [0.4, 0.5) is 0 Å². The van der Waals surface area contributed by atoms with E-state index >= 15 is 0 Å². The molecule has 7 nitrogen and oxygen atoms in total. The molecule has 10 heteroatoms. The van der Waals surface area contributed by atoms with Gasteiger partial charge in [-0.05, 0) is 36.4 Å². The molecule has 3 heterocycles. The van der Waals surface area contributed by atoms with Gasteiger partial charge in [0.15, 0.2) is 15.9 Å². The van der Waals surface area contributed by atoms with E-state index in [1.54, 1.807) is 19.4 Å². The van der Waals surface area contributed by atoms with Crippen LogP contribution in [0.5, 0.6) is 5.75 Å². The van der Waals surface area contributed by atoms with Gasteiger partial charge in [0.1, 0.15) is 5.75 Å². The smallest absolute Gasteiger partial charge is 0.258 e. The van der Waals surface area contributed by atoms with E-state index in [2.05, 4.69) is 15.2 Å². The van der Waals surface area contributed by atoms with E-state index in [4.69, 9.17) is 16.3 Å². The maximum absolute atomic E-state index is 12.3. The molecule has 2 aromatic carbocycles. The first kappa shape index (κ1) is 20.7. The van der Waals surface area contributed by atoms with E-state index in [9.17, 15) is 4.79 Å². The summed E-state index contributed by atoms with van der Waals surface area (Å²) in [5, 5.41) is 11.9. The van der Waals surface area contributed by atoms with Gasteiger partial charge in [-0.3, -0.25) is 13.8 Å². The monoisotopic (exact) mass is 481 g/mol. The Morgan fingerprint density at radius 3 is 2.72 bits per heavy atom. The van der Waals surface area contributed by atoms with Gasteiger partial charge in [-0.1, -0.05) is 35.5 Å². The molecule has 0 saturated heterocycles. The first-order valence-corrected chi connectivity index (χ1v) is 11.8. The van der Waals surface area contributed by atoms with E-state index in [1.807, 2.05) is 58.5 Å². The van der Waals surface area contributed by atoms with Crippen molar-refractivity contribution in [3.8, 4) is 22.8 Å². The molecular weight excluding hydrogens is 466 g/mol. The third-order valence-corrected chi connectivity index (χ3v) is 6.83. The number of hydrogen-bond donors (Lipinski definition) is 0.